The van der Waals surface area contributed by atoms with Gasteiger partial charge in [0.25, 0.3) is 5.69 Å². The first-order valence-corrected chi connectivity index (χ1v) is 9.08. The van der Waals surface area contributed by atoms with E-state index in [0.717, 1.165) is 12.1 Å². The van der Waals surface area contributed by atoms with Crippen molar-refractivity contribution in [3.05, 3.63) is 58.3 Å². The van der Waals surface area contributed by atoms with Crippen LogP contribution >= 0.6 is 0 Å². The van der Waals surface area contributed by atoms with Crippen LogP contribution in [0.15, 0.2) is 56.8 Å². The molecule has 0 aliphatic carbocycles. The second-order valence-electron chi connectivity index (χ2n) is 5.53. The lowest BCUT2D eigenvalue weighted by atomic mass is 10.2. The van der Waals surface area contributed by atoms with Crippen molar-refractivity contribution < 1.29 is 27.3 Å². The van der Waals surface area contributed by atoms with Gasteiger partial charge >= 0.3 is 0 Å². The second-order valence-corrected chi connectivity index (χ2v) is 7.45. The van der Waals surface area contributed by atoms with Crippen LogP contribution in [0, 0.1) is 10.1 Å². The first-order chi connectivity index (χ1) is 12.5. The molecule has 0 atom stereocenters. The first kappa shape index (κ1) is 16.6. The molecule has 1 fully saturated rings. The van der Waals surface area contributed by atoms with Gasteiger partial charge in [0, 0.05) is 6.07 Å². The van der Waals surface area contributed by atoms with Gasteiger partial charge in [-0.1, -0.05) is 23.4 Å². The Morgan fingerprint density at radius 3 is 2.46 bits per heavy atom. The molecule has 3 aromatic rings. The minimum atomic E-state index is -4.06. The van der Waals surface area contributed by atoms with Crippen LogP contribution in [0.5, 0.6) is 0 Å². The molecule has 26 heavy (non-hydrogen) atoms. The molecule has 0 saturated carbocycles. The van der Waals surface area contributed by atoms with E-state index < -0.39 is 26.7 Å². The summed E-state index contributed by atoms with van der Waals surface area (Å²) >= 11 is 0. The maximum atomic E-state index is 13.1. The van der Waals surface area contributed by atoms with Crippen molar-refractivity contribution in [2.75, 3.05) is 13.2 Å². The van der Waals surface area contributed by atoms with Gasteiger partial charge in [0.15, 0.2) is 5.58 Å². The van der Waals surface area contributed by atoms with Gasteiger partial charge in [-0.2, -0.15) is 0 Å². The molecule has 2 aromatic carbocycles. The van der Waals surface area contributed by atoms with Gasteiger partial charge in [0.1, 0.15) is 5.69 Å². The van der Waals surface area contributed by atoms with E-state index >= 15 is 0 Å². The van der Waals surface area contributed by atoms with Crippen LogP contribution in [-0.2, 0) is 19.3 Å². The number of sulfone groups is 1. The fourth-order valence-electron chi connectivity index (χ4n) is 2.77. The highest BCUT2D eigenvalue weighted by molar-refractivity contribution is 7.91. The molecule has 0 radical (unpaired) electrons. The molecule has 9 nitrogen and oxygen atoms in total. The Balaban J connectivity index is 2.02. The minimum Gasteiger partial charge on any atom is -0.355 e. The van der Waals surface area contributed by atoms with E-state index in [2.05, 4.69) is 5.16 Å². The Kier molecular flexibility index (Phi) is 3.94. The summed E-state index contributed by atoms with van der Waals surface area (Å²) in [5.74, 6) is 0. The number of hydrogen-bond acceptors (Lipinski definition) is 8. The number of aromatic nitrogens is 1. The third kappa shape index (κ3) is 2.64. The second kappa shape index (κ2) is 6.16. The predicted molar refractivity (Wildman–Crippen MR) is 87.2 cm³/mol. The topological polar surface area (TPSA) is 122 Å². The molecule has 0 bridgehead atoms. The van der Waals surface area contributed by atoms with Crippen molar-refractivity contribution in [1.29, 1.82) is 0 Å². The fourth-order valence-corrected chi connectivity index (χ4v) is 4.28. The number of benzene rings is 2. The van der Waals surface area contributed by atoms with Crippen LogP contribution in [0.3, 0.4) is 0 Å². The van der Waals surface area contributed by atoms with E-state index in [1.807, 2.05) is 0 Å². The number of fused-ring (bicyclic) bond motifs is 1. The van der Waals surface area contributed by atoms with Gasteiger partial charge in [-0.3, -0.25) is 10.1 Å². The van der Waals surface area contributed by atoms with Crippen molar-refractivity contribution in [3.8, 4) is 0 Å². The normalized spacial score (nSPS) is 15.5. The summed E-state index contributed by atoms with van der Waals surface area (Å²) in [5.41, 5.74) is -0.298. The number of hydrogen-bond donors (Lipinski definition) is 0. The molecule has 1 aromatic heterocycles. The van der Waals surface area contributed by atoms with E-state index in [-0.39, 0.29) is 26.5 Å². The molecule has 2 heterocycles. The summed E-state index contributed by atoms with van der Waals surface area (Å²) < 4.78 is 42.1. The highest BCUT2D eigenvalue weighted by Gasteiger charge is 2.32. The molecule has 4 rings (SSSR count). The maximum Gasteiger partial charge on any atom is 0.274 e. The Bertz CT molecular complexity index is 1090. The summed E-state index contributed by atoms with van der Waals surface area (Å²) in [6, 6.07) is 9.77. The van der Waals surface area contributed by atoms with Gasteiger partial charge < -0.3 is 14.0 Å². The van der Waals surface area contributed by atoms with Gasteiger partial charge in [0.2, 0.25) is 16.1 Å². The number of non-ortho nitro benzene ring substituents is 1. The van der Waals surface area contributed by atoms with Crippen molar-refractivity contribution in [3.63, 3.8) is 0 Å². The summed E-state index contributed by atoms with van der Waals surface area (Å²) in [5, 5.41) is 15.2. The van der Waals surface area contributed by atoms with E-state index in [9.17, 15) is 18.5 Å². The van der Waals surface area contributed by atoms with Crippen LogP contribution in [0.25, 0.3) is 11.0 Å². The standard InChI is InChI=1S/C16H12N2O7S/c19-18(20)10-8-12-14(15(17-25-12)16-23-6-7-24-16)13(9-10)26(21,22)11-4-2-1-3-5-11/h1-5,8-9,16H,6-7H2. The highest BCUT2D eigenvalue weighted by atomic mass is 32.2. The van der Waals surface area contributed by atoms with Crippen molar-refractivity contribution in [1.82, 2.24) is 5.16 Å². The zero-order chi connectivity index (χ0) is 18.3. The van der Waals surface area contributed by atoms with Crippen LogP contribution in [0.4, 0.5) is 5.69 Å². The largest absolute Gasteiger partial charge is 0.355 e. The van der Waals surface area contributed by atoms with E-state index in [1.165, 1.54) is 12.1 Å². The number of nitrogens with zero attached hydrogens (tertiary/aromatic N) is 2. The van der Waals surface area contributed by atoms with E-state index in [1.54, 1.807) is 18.2 Å². The quantitative estimate of drug-likeness (QED) is 0.503. The van der Waals surface area contributed by atoms with Crippen molar-refractivity contribution in [2.24, 2.45) is 0 Å². The Morgan fingerprint density at radius 1 is 1.12 bits per heavy atom. The minimum absolute atomic E-state index is 0.00204. The van der Waals surface area contributed by atoms with Gasteiger partial charge in [-0.05, 0) is 12.1 Å². The predicted octanol–water partition coefficient (Wildman–Crippen LogP) is 2.61. The molecule has 0 spiro atoms. The number of rotatable bonds is 4. The fraction of sp³-hybridized carbons (Fsp3) is 0.188. The smallest absolute Gasteiger partial charge is 0.274 e. The number of nitro benzene ring substituents is 1. The zero-order valence-electron chi connectivity index (χ0n) is 13.2. The third-order valence-electron chi connectivity index (χ3n) is 3.95. The lowest BCUT2D eigenvalue weighted by molar-refractivity contribution is -0.385. The molecule has 0 unspecified atom stereocenters. The third-order valence-corrected chi connectivity index (χ3v) is 5.74. The van der Waals surface area contributed by atoms with E-state index in [0.29, 0.717) is 13.2 Å². The Hall–Kier alpha value is -2.82. The lowest BCUT2D eigenvalue weighted by Crippen LogP contribution is -2.06. The summed E-state index contributed by atoms with van der Waals surface area (Å²) in [7, 11) is -4.06. The molecule has 1 aliphatic rings. The van der Waals surface area contributed by atoms with Crippen molar-refractivity contribution >= 4 is 26.5 Å². The van der Waals surface area contributed by atoms with Gasteiger partial charge in [-0.25, -0.2) is 8.42 Å². The van der Waals surface area contributed by atoms with Crippen LogP contribution in [-0.4, -0.2) is 31.7 Å². The lowest BCUT2D eigenvalue weighted by Gasteiger charge is -2.09. The van der Waals surface area contributed by atoms with Gasteiger partial charge in [-0.15, -0.1) is 0 Å². The van der Waals surface area contributed by atoms with Crippen LogP contribution in [0.2, 0.25) is 0 Å². The SMILES string of the molecule is O=[N+]([O-])c1cc(S(=O)(=O)c2ccccc2)c2c(C3OCCO3)noc2c1. The molecular weight excluding hydrogens is 364 g/mol. The van der Waals surface area contributed by atoms with Gasteiger partial charge in [0.05, 0.1) is 39.4 Å². The maximum absolute atomic E-state index is 13.1. The number of nitro groups is 1. The average molecular weight is 376 g/mol. The zero-order valence-corrected chi connectivity index (χ0v) is 14.0. The molecule has 1 aliphatic heterocycles. The molecule has 0 amide bonds. The molecule has 134 valence electrons. The summed E-state index contributed by atoms with van der Waals surface area (Å²) in [4.78, 5) is 10.3. The molecule has 10 heteroatoms. The Morgan fingerprint density at radius 2 is 1.81 bits per heavy atom. The number of ether oxygens (including phenoxy) is 2. The highest BCUT2D eigenvalue weighted by Crippen LogP contribution is 2.38. The molecule has 1 saturated heterocycles. The van der Waals surface area contributed by atoms with Crippen molar-refractivity contribution in [2.45, 2.75) is 16.1 Å². The summed E-state index contributed by atoms with van der Waals surface area (Å²) in [6.07, 6.45) is -0.887. The van der Waals surface area contributed by atoms with Crippen LogP contribution < -0.4 is 0 Å². The van der Waals surface area contributed by atoms with Crippen LogP contribution in [0.1, 0.15) is 12.0 Å². The monoisotopic (exact) mass is 376 g/mol. The Labute approximate surface area is 147 Å². The molecule has 0 N–H and O–H groups in total. The van der Waals surface area contributed by atoms with E-state index in [4.69, 9.17) is 14.0 Å². The summed E-state index contributed by atoms with van der Waals surface area (Å²) in [6.45, 7) is 0.652. The average Bonchev–Trinajstić information content (AvgIpc) is 3.30. The first-order valence-electron chi connectivity index (χ1n) is 7.59. The molecular formula is C16H12N2O7S.